The van der Waals surface area contributed by atoms with Crippen molar-refractivity contribution in [1.82, 2.24) is 24.5 Å². The molecular weight excluding hydrogens is 374 g/mol. The zero-order valence-electron chi connectivity index (χ0n) is 15.0. The molecule has 7 heteroatoms. The van der Waals surface area contributed by atoms with E-state index in [2.05, 4.69) is 15.4 Å². The molecule has 0 aliphatic rings. The summed E-state index contributed by atoms with van der Waals surface area (Å²) in [6.07, 6.45) is 9.41. The van der Waals surface area contributed by atoms with Crippen LogP contribution in [-0.4, -0.2) is 31.6 Å². The van der Waals surface area contributed by atoms with E-state index >= 15 is 0 Å². The van der Waals surface area contributed by atoms with Crippen molar-refractivity contribution in [2.45, 2.75) is 6.42 Å². The van der Waals surface area contributed by atoms with Crippen LogP contribution in [0.5, 0.6) is 0 Å². The van der Waals surface area contributed by atoms with Gasteiger partial charge in [-0.2, -0.15) is 5.10 Å². The third-order valence-electron chi connectivity index (χ3n) is 4.33. The van der Waals surface area contributed by atoms with E-state index in [0.29, 0.717) is 17.4 Å². The first kappa shape index (κ1) is 18.0. The van der Waals surface area contributed by atoms with Gasteiger partial charge in [0.1, 0.15) is 5.65 Å². The number of aromatic nitrogens is 4. The topological polar surface area (TPSA) is 64.2 Å². The highest BCUT2D eigenvalue weighted by Crippen LogP contribution is 2.18. The van der Waals surface area contributed by atoms with Gasteiger partial charge in [0, 0.05) is 31.2 Å². The Labute approximate surface area is 167 Å². The molecule has 0 fully saturated rings. The lowest BCUT2D eigenvalue weighted by molar-refractivity contribution is -0.116. The quantitative estimate of drug-likeness (QED) is 0.511. The summed E-state index contributed by atoms with van der Waals surface area (Å²) in [6, 6.07) is 15.6. The fourth-order valence-corrected chi connectivity index (χ4v) is 3.16. The van der Waals surface area contributed by atoms with Crippen LogP contribution in [-0.2, 0) is 11.2 Å². The Morgan fingerprint density at radius 3 is 2.75 bits per heavy atom. The number of nitrogens with one attached hydrogen (secondary N) is 1. The van der Waals surface area contributed by atoms with Gasteiger partial charge >= 0.3 is 0 Å². The molecule has 0 aliphatic heterocycles. The predicted octanol–water partition coefficient (Wildman–Crippen LogP) is 3.55. The molecule has 6 nitrogen and oxygen atoms in total. The van der Waals surface area contributed by atoms with Gasteiger partial charge in [0.25, 0.3) is 0 Å². The number of rotatable bonds is 6. The summed E-state index contributed by atoms with van der Waals surface area (Å²) in [5, 5.41) is 7.46. The van der Waals surface area contributed by atoms with Gasteiger partial charge in [-0.05, 0) is 48.4 Å². The molecule has 0 spiro atoms. The lowest BCUT2D eigenvalue weighted by Crippen LogP contribution is -2.23. The van der Waals surface area contributed by atoms with E-state index in [-0.39, 0.29) is 5.91 Å². The number of fused-ring (bicyclic) bond motifs is 1. The minimum absolute atomic E-state index is 0.171. The third kappa shape index (κ3) is 3.97. The molecule has 1 aromatic carbocycles. The Hall–Kier alpha value is -3.38. The number of pyridine rings is 1. The van der Waals surface area contributed by atoms with Crippen LogP contribution in [0.2, 0.25) is 5.15 Å². The maximum absolute atomic E-state index is 12.1. The van der Waals surface area contributed by atoms with E-state index in [1.54, 1.807) is 12.3 Å². The fourth-order valence-electron chi connectivity index (χ4n) is 2.92. The average Bonchev–Trinajstić information content (AvgIpc) is 3.34. The number of hydrogen-bond donors (Lipinski definition) is 1. The highest BCUT2D eigenvalue weighted by molar-refractivity contribution is 6.31. The number of nitrogens with zero attached hydrogens (tertiary/aromatic N) is 4. The summed E-state index contributed by atoms with van der Waals surface area (Å²) in [6.45, 7) is 0.547. The number of amides is 1. The van der Waals surface area contributed by atoms with E-state index in [0.717, 1.165) is 23.3 Å². The molecule has 3 heterocycles. The average molecular weight is 392 g/mol. The molecule has 140 valence electrons. The molecule has 4 aromatic rings. The van der Waals surface area contributed by atoms with Crippen molar-refractivity contribution < 1.29 is 4.79 Å². The Bertz CT molecular complexity index is 1110. The van der Waals surface area contributed by atoms with Crippen LogP contribution in [0.3, 0.4) is 0 Å². The molecule has 4 rings (SSSR count). The van der Waals surface area contributed by atoms with E-state index in [9.17, 15) is 4.79 Å². The number of carbonyl (C=O) groups excluding carboxylic acids is 1. The van der Waals surface area contributed by atoms with Crippen molar-refractivity contribution in [3.63, 3.8) is 0 Å². The van der Waals surface area contributed by atoms with Gasteiger partial charge in [-0.3, -0.25) is 9.20 Å². The number of benzene rings is 1. The van der Waals surface area contributed by atoms with Crippen molar-refractivity contribution >= 4 is 29.2 Å². The molecule has 0 saturated heterocycles. The van der Waals surface area contributed by atoms with Crippen molar-refractivity contribution in [2.24, 2.45) is 0 Å². The summed E-state index contributed by atoms with van der Waals surface area (Å²) in [5.74, 6) is -0.171. The minimum atomic E-state index is -0.171. The molecule has 1 amide bonds. The van der Waals surface area contributed by atoms with Gasteiger partial charge < -0.3 is 5.32 Å². The van der Waals surface area contributed by atoms with Crippen molar-refractivity contribution in [1.29, 1.82) is 0 Å². The smallest absolute Gasteiger partial charge is 0.244 e. The molecule has 0 atom stereocenters. The Morgan fingerprint density at radius 1 is 1.11 bits per heavy atom. The second-order valence-electron chi connectivity index (χ2n) is 6.21. The lowest BCUT2D eigenvalue weighted by atomic mass is 10.1. The Balaban J connectivity index is 1.32. The lowest BCUT2D eigenvalue weighted by Gasteiger charge is -2.05. The number of halogens is 1. The Kier molecular flexibility index (Phi) is 5.21. The minimum Gasteiger partial charge on any atom is -0.352 e. The van der Waals surface area contributed by atoms with Crippen LogP contribution in [0.15, 0.2) is 73.2 Å². The summed E-state index contributed by atoms with van der Waals surface area (Å²) in [4.78, 5) is 16.4. The first-order chi connectivity index (χ1) is 13.7. The fraction of sp³-hybridized carbons (Fsp3) is 0.0952. The van der Waals surface area contributed by atoms with Gasteiger partial charge in [-0.25, -0.2) is 9.67 Å². The highest BCUT2D eigenvalue weighted by Gasteiger charge is 2.07. The number of hydrogen-bond acceptors (Lipinski definition) is 3. The second-order valence-corrected chi connectivity index (χ2v) is 6.57. The summed E-state index contributed by atoms with van der Waals surface area (Å²) in [7, 11) is 0. The first-order valence-corrected chi connectivity index (χ1v) is 9.26. The van der Waals surface area contributed by atoms with Crippen molar-refractivity contribution in [2.75, 3.05) is 6.54 Å². The van der Waals surface area contributed by atoms with Crippen LogP contribution in [0.4, 0.5) is 0 Å². The standard InChI is InChI=1S/C21H18ClN5O/c22-21-18(26-14-2-1-4-19(26)25-21)9-10-20(28)23-13-11-16-5-7-17(8-6-16)27-15-3-12-24-27/h1-10,12,14-15H,11,13H2,(H,23,28)/b10-9+. The first-order valence-electron chi connectivity index (χ1n) is 8.88. The molecule has 0 radical (unpaired) electrons. The zero-order chi connectivity index (χ0) is 19.3. The van der Waals surface area contributed by atoms with Crippen LogP contribution in [0.1, 0.15) is 11.3 Å². The maximum Gasteiger partial charge on any atom is 0.244 e. The maximum atomic E-state index is 12.1. The summed E-state index contributed by atoms with van der Waals surface area (Å²) < 4.78 is 3.65. The molecule has 0 saturated carbocycles. The molecule has 1 N–H and O–H groups in total. The van der Waals surface area contributed by atoms with Gasteiger partial charge in [0.15, 0.2) is 5.15 Å². The third-order valence-corrected chi connectivity index (χ3v) is 4.61. The Morgan fingerprint density at radius 2 is 1.96 bits per heavy atom. The largest absolute Gasteiger partial charge is 0.352 e. The van der Waals surface area contributed by atoms with Gasteiger partial charge in [-0.1, -0.05) is 29.8 Å². The van der Waals surface area contributed by atoms with Crippen molar-refractivity contribution in [3.8, 4) is 5.69 Å². The van der Waals surface area contributed by atoms with Gasteiger partial charge in [-0.15, -0.1) is 0 Å². The van der Waals surface area contributed by atoms with Crippen LogP contribution >= 0.6 is 11.6 Å². The van der Waals surface area contributed by atoms with Crippen molar-refractivity contribution in [3.05, 3.63) is 89.6 Å². The SMILES string of the molecule is O=C(/C=C/c1c(Cl)nc2ccccn12)NCCc1ccc(-n2cccn2)cc1. The molecule has 28 heavy (non-hydrogen) atoms. The van der Waals surface area contributed by atoms with Crippen LogP contribution in [0.25, 0.3) is 17.4 Å². The molecule has 0 unspecified atom stereocenters. The molecule has 3 aromatic heterocycles. The molecular formula is C21H18ClN5O. The monoisotopic (exact) mass is 391 g/mol. The van der Waals surface area contributed by atoms with Gasteiger partial charge in [0.2, 0.25) is 5.91 Å². The highest BCUT2D eigenvalue weighted by atomic mass is 35.5. The molecule has 0 aliphatic carbocycles. The van der Waals surface area contributed by atoms with E-state index in [4.69, 9.17) is 11.6 Å². The number of imidazole rings is 1. The normalized spacial score (nSPS) is 11.3. The predicted molar refractivity (Wildman–Crippen MR) is 110 cm³/mol. The second kappa shape index (κ2) is 8.10. The van der Waals surface area contributed by atoms with Crippen LogP contribution in [0, 0.1) is 0 Å². The zero-order valence-corrected chi connectivity index (χ0v) is 15.8. The van der Waals surface area contributed by atoms with Gasteiger partial charge in [0.05, 0.1) is 11.4 Å². The summed E-state index contributed by atoms with van der Waals surface area (Å²) in [5.41, 5.74) is 3.57. The summed E-state index contributed by atoms with van der Waals surface area (Å²) >= 11 is 6.16. The number of carbonyl (C=O) groups is 1. The van der Waals surface area contributed by atoms with E-state index < -0.39 is 0 Å². The van der Waals surface area contributed by atoms with E-state index in [1.807, 2.05) is 70.0 Å². The molecule has 0 bridgehead atoms. The van der Waals surface area contributed by atoms with E-state index in [1.165, 1.54) is 6.08 Å². The van der Waals surface area contributed by atoms with Crippen LogP contribution < -0.4 is 5.32 Å².